The van der Waals surface area contributed by atoms with Gasteiger partial charge in [0, 0.05) is 6.20 Å². The van der Waals surface area contributed by atoms with Crippen molar-refractivity contribution in [2.45, 2.75) is 13.5 Å². The predicted molar refractivity (Wildman–Crippen MR) is 110 cm³/mol. The highest BCUT2D eigenvalue weighted by atomic mass is 32.1. The number of ether oxygens (including phenoxy) is 1. The molecule has 2 heterocycles. The fourth-order valence-electron chi connectivity index (χ4n) is 2.77. The number of carbonyl (C=O) groups is 1. The molecule has 4 aromatic rings. The Hall–Kier alpha value is -3.32. The number of aromatic nitrogens is 3. The van der Waals surface area contributed by atoms with Crippen molar-refractivity contribution in [1.82, 2.24) is 15.0 Å². The first-order valence-corrected chi connectivity index (χ1v) is 9.55. The Balaban J connectivity index is 1.75. The van der Waals surface area contributed by atoms with Crippen LogP contribution in [0.2, 0.25) is 0 Å². The number of nitrogens with zero attached hydrogens (tertiary/aromatic N) is 4. The van der Waals surface area contributed by atoms with Gasteiger partial charge in [0.25, 0.3) is 5.91 Å². The molecule has 0 bridgehead atoms. The molecule has 6 nitrogen and oxygen atoms in total. The number of rotatable bonds is 5. The van der Waals surface area contributed by atoms with Gasteiger partial charge in [0.1, 0.15) is 11.4 Å². The highest BCUT2D eigenvalue weighted by molar-refractivity contribution is 7.22. The molecule has 2 aromatic carbocycles. The van der Waals surface area contributed by atoms with E-state index in [2.05, 4.69) is 15.0 Å². The second-order valence-electron chi connectivity index (χ2n) is 6.25. The van der Waals surface area contributed by atoms with Gasteiger partial charge in [-0.05, 0) is 30.7 Å². The summed E-state index contributed by atoms with van der Waals surface area (Å²) in [5.74, 6) is 0.524. The van der Waals surface area contributed by atoms with E-state index in [9.17, 15) is 4.79 Å². The number of carbonyl (C=O) groups excluding carboxylic acids is 1. The summed E-state index contributed by atoms with van der Waals surface area (Å²) in [5, 5.41) is 0.611. The van der Waals surface area contributed by atoms with Crippen molar-refractivity contribution < 1.29 is 9.53 Å². The first kappa shape index (κ1) is 18.1. The lowest BCUT2D eigenvalue weighted by molar-refractivity contribution is 0.0980. The van der Waals surface area contributed by atoms with Gasteiger partial charge in [-0.15, -0.1) is 0 Å². The Bertz CT molecular complexity index is 1110. The third-order valence-corrected chi connectivity index (χ3v) is 5.29. The van der Waals surface area contributed by atoms with Crippen molar-refractivity contribution in [3.8, 4) is 5.75 Å². The van der Waals surface area contributed by atoms with E-state index in [1.165, 1.54) is 17.5 Å². The molecule has 28 heavy (non-hydrogen) atoms. The highest BCUT2D eigenvalue weighted by Crippen LogP contribution is 2.32. The van der Waals surface area contributed by atoms with E-state index in [4.69, 9.17) is 4.74 Å². The lowest BCUT2D eigenvalue weighted by Crippen LogP contribution is -2.31. The number of fused-ring (bicyclic) bond motifs is 1. The molecule has 0 fully saturated rings. The van der Waals surface area contributed by atoms with Crippen LogP contribution >= 0.6 is 11.3 Å². The molecular formula is C21H18N4O2S. The Morgan fingerprint density at radius 2 is 1.93 bits per heavy atom. The van der Waals surface area contributed by atoms with Gasteiger partial charge in [-0.25, -0.2) is 9.97 Å². The van der Waals surface area contributed by atoms with E-state index >= 15 is 0 Å². The monoisotopic (exact) mass is 390 g/mol. The van der Waals surface area contributed by atoms with Crippen molar-refractivity contribution >= 4 is 32.6 Å². The van der Waals surface area contributed by atoms with E-state index < -0.39 is 0 Å². The van der Waals surface area contributed by atoms with Gasteiger partial charge < -0.3 is 4.74 Å². The number of hydrogen-bond donors (Lipinski definition) is 0. The van der Waals surface area contributed by atoms with Crippen LogP contribution in [0, 0.1) is 6.92 Å². The molecule has 0 aliphatic rings. The van der Waals surface area contributed by atoms with Crippen LogP contribution in [-0.4, -0.2) is 28.0 Å². The number of hydrogen-bond acceptors (Lipinski definition) is 6. The molecule has 0 spiro atoms. The van der Waals surface area contributed by atoms with E-state index in [1.54, 1.807) is 18.2 Å². The van der Waals surface area contributed by atoms with E-state index in [-0.39, 0.29) is 5.91 Å². The fraction of sp³-hybridized carbons (Fsp3) is 0.143. The van der Waals surface area contributed by atoms with Crippen molar-refractivity contribution in [3.05, 3.63) is 77.9 Å². The van der Waals surface area contributed by atoms with Gasteiger partial charge in [0.15, 0.2) is 5.13 Å². The van der Waals surface area contributed by atoms with Crippen LogP contribution in [0.5, 0.6) is 5.75 Å². The zero-order chi connectivity index (χ0) is 19.5. The standard InChI is InChI=1S/C21H18N4O2S/c1-14-11-23-18(12-22-14)20(26)25(13-15-6-4-3-5-7-15)21-24-17-9-8-16(27-2)10-19(17)28-21/h3-12H,13H2,1-2H3. The minimum Gasteiger partial charge on any atom is -0.497 e. The predicted octanol–water partition coefficient (Wildman–Crippen LogP) is 4.25. The van der Waals surface area contributed by atoms with Crippen molar-refractivity contribution in [3.63, 3.8) is 0 Å². The number of aryl methyl sites for hydroxylation is 1. The van der Waals surface area contributed by atoms with Crippen molar-refractivity contribution in [2.24, 2.45) is 0 Å². The minimum absolute atomic E-state index is 0.234. The third kappa shape index (κ3) is 3.70. The van der Waals surface area contributed by atoms with Crippen LogP contribution in [-0.2, 0) is 6.54 Å². The smallest absolute Gasteiger partial charge is 0.280 e. The zero-order valence-electron chi connectivity index (χ0n) is 15.5. The molecule has 0 unspecified atom stereocenters. The Morgan fingerprint density at radius 3 is 2.64 bits per heavy atom. The molecule has 0 saturated carbocycles. The Labute approximate surface area is 166 Å². The largest absolute Gasteiger partial charge is 0.497 e. The molecule has 0 atom stereocenters. The maximum absolute atomic E-state index is 13.2. The first-order valence-electron chi connectivity index (χ1n) is 8.73. The van der Waals surface area contributed by atoms with Crippen LogP contribution in [0.4, 0.5) is 5.13 Å². The molecule has 0 saturated heterocycles. The van der Waals surface area contributed by atoms with Crippen LogP contribution in [0.1, 0.15) is 21.7 Å². The van der Waals surface area contributed by atoms with Crippen LogP contribution in [0.15, 0.2) is 60.9 Å². The maximum atomic E-state index is 13.2. The second-order valence-corrected chi connectivity index (χ2v) is 7.26. The van der Waals surface area contributed by atoms with Crippen molar-refractivity contribution in [2.75, 3.05) is 12.0 Å². The number of thiazole rings is 1. The number of amides is 1. The molecule has 2 aromatic heterocycles. The van der Waals surface area contributed by atoms with E-state index in [1.807, 2.05) is 55.5 Å². The molecule has 0 N–H and O–H groups in total. The Kier molecular flexibility index (Phi) is 4.99. The summed E-state index contributed by atoms with van der Waals surface area (Å²) in [4.78, 5) is 28.0. The molecule has 0 radical (unpaired) electrons. The van der Waals surface area contributed by atoms with Crippen LogP contribution < -0.4 is 9.64 Å². The lowest BCUT2D eigenvalue weighted by Gasteiger charge is -2.19. The van der Waals surface area contributed by atoms with E-state index in [0.717, 1.165) is 27.2 Å². The average molecular weight is 390 g/mol. The quantitative estimate of drug-likeness (QED) is 0.510. The molecule has 7 heteroatoms. The average Bonchev–Trinajstić information content (AvgIpc) is 3.15. The van der Waals surface area contributed by atoms with Gasteiger partial charge in [0.2, 0.25) is 0 Å². The summed E-state index contributed by atoms with van der Waals surface area (Å²) in [5.41, 5.74) is 2.88. The summed E-state index contributed by atoms with van der Waals surface area (Å²) in [6, 6.07) is 15.5. The van der Waals surface area contributed by atoms with Gasteiger partial charge in [-0.3, -0.25) is 14.7 Å². The van der Waals surface area contributed by atoms with Gasteiger partial charge >= 0.3 is 0 Å². The summed E-state index contributed by atoms with van der Waals surface area (Å²) in [6.07, 6.45) is 3.10. The number of anilines is 1. The number of benzene rings is 2. The van der Waals surface area contributed by atoms with Gasteiger partial charge in [-0.1, -0.05) is 41.7 Å². The maximum Gasteiger partial charge on any atom is 0.280 e. The fourth-order valence-corrected chi connectivity index (χ4v) is 3.76. The minimum atomic E-state index is -0.234. The highest BCUT2D eigenvalue weighted by Gasteiger charge is 2.23. The summed E-state index contributed by atoms with van der Waals surface area (Å²) >= 11 is 1.45. The summed E-state index contributed by atoms with van der Waals surface area (Å²) in [6.45, 7) is 2.23. The second kappa shape index (κ2) is 7.74. The first-order chi connectivity index (χ1) is 13.6. The van der Waals surface area contributed by atoms with Crippen LogP contribution in [0.25, 0.3) is 10.2 Å². The van der Waals surface area contributed by atoms with Gasteiger partial charge in [0.05, 0.1) is 35.8 Å². The lowest BCUT2D eigenvalue weighted by atomic mass is 10.2. The van der Waals surface area contributed by atoms with E-state index in [0.29, 0.717) is 17.4 Å². The SMILES string of the molecule is COc1ccc2nc(N(Cc3ccccc3)C(=O)c3cnc(C)cn3)sc2c1. The van der Waals surface area contributed by atoms with Crippen molar-refractivity contribution in [1.29, 1.82) is 0 Å². The molecule has 4 rings (SSSR count). The third-order valence-electron chi connectivity index (χ3n) is 4.24. The molecule has 140 valence electrons. The normalized spacial score (nSPS) is 10.8. The molecule has 0 aliphatic carbocycles. The van der Waals surface area contributed by atoms with Crippen LogP contribution in [0.3, 0.4) is 0 Å². The molecule has 0 aliphatic heterocycles. The topological polar surface area (TPSA) is 68.2 Å². The Morgan fingerprint density at radius 1 is 1.11 bits per heavy atom. The summed E-state index contributed by atoms with van der Waals surface area (Å²) < 4.78 is 6.25. The number of methoxy groups -OCH3 is 1. The zero-order valence-corrected chi connectivity index (χ0v) is 16.3. The van der Waals surface area contributed by atoms with Gasteiger partial charge in [-0.2, -0.15) is 0 Å². The molecular weight excluding hydrogens is 372 g/mol. The molecule has 1 amide bonds. The summed E-state index contributed by atoms with van der Waals surface area (Å²) in [7, 11) is 1.63.